The molecule has 1 amide bonds. The number of nitrogens with two attached hydrogens (primary N) is 1. The van der Waals surface area contributed by atoms with Crippen molar-refractivity contribution in [3.63, 3.8) is 0 Å². The Balaban J connectivity index is 1.67. The maximum absolute atomic E-state index is 13.9. The smallest absolute Gasteiger partial charge is 0.271 e. The normalized spacial score (nSPS) is 11.1. The van der Waals surface area contributed by atoms with E-state index in [9.17, 15) is 9.18 Å². The Labute approximate surface area is 141 Å². The highest BCUT2D eigenvalue weighted by Gasteiger charge is 2.16. The van der Waals surface area contributed by atoms with E-state index in [0.717, 1.165) is 16.6 Å². The number of benzene rings is 2. The van der Waals surface area contributed by atoms with Gasteiger partial charge in [-0.3, -0.25) is 4.79 Å². The van der Waals surface area contributed by atoms with Gasteiger partial charge in [0.1, 0.15) is 17.0 Å². The second-order valence-corrected chi connectivity index (χ2v) is 5.46. The standard InChI is InChI=1S/C17H13FN6O/c18-11-5-2-4-10-14(11)23-17(19)24-15(10)16(25)20-7-9-3-1-6-12-13(9)22-8-21-12/h1-6,8H,7H2,(H,20,25)(H,21,22)(H2,19,23,24). The van der Waals surface area contributed by atoms with Gasteiger partial charge in [-0.15, -0.1) is 0 Å². The Bertz CT molecular complexity index is 1110. The highest BCUT2D eigenvalue weighted by molar-refractivity contribution is 6.04. The number of imidazole rings is 1. The second kappa shape index (κ2) is 5.82. The topological polar surface area (TPSA) is 110 Å². The Hall–Kier alpha value is -3.55. The predicted molar refractivity (Wildman–Crippen MR) is 91.2 cm³/mol. The Morgan fingerprint density at radius 3 is 2.88 bits per heavy atom. The molecule has 4 N–H and O–H groups in total. The molecule has 4 aromatic rings. The number of carbonyl (C=O) groups excluding carboxylic acids is 1. The minimum absolute atomic E-state index is 0.0227. The molecule has 0 atom stereocenters. The van der Waals surface area contributed by atoms with Gasteiger partial charge in [-0.25, -0.2) is 19.3 Å². The maximum Gasteiger partial charge on any atom is 0.271 e. The monoisotopic (exact) mass is 336 g/mol. The highest BCUT2D eigenvalue weighted by atomic mass is 19.1. The van der Waals surface area contributed by atoms with Crippen LogP contribution in [0.15, 0.2) is 42.7 Å². The van der Waals surface area contributed by atoms with Crippen molar-refractivity contribution in [1.82, 2.24) is 25.3 Å². The zero-order valence-corrected chi connectivity index (χ0v) is 13.0. The van der Waals surface area contributed by atoms with Gasteiger partial charge in [0.05, 0.1) is 17.4 Å². The van der Waals surface area contributed by atoms with Crippen LogP contribution in [0.4, 0.5) is 10.3 Å². The van der Waals surface area contributed by atoms with E-state index in [0.29, 0.717) is 5.39 Å². The number of rotatable bonds is 3. The van der Waals surface area contributed by atoms with Crippen LogP contribution in [0.25, 0.3) is 21.9 Å². The molecule has 2 heterocycles. The number of fused-ring (bicyclic) bond motifs is 2. The molecule has 8 heteroatoms. The largest absolute Gasteiger partial charge is 0.368 e. The fourth-order valence-corrected chi connectivity index (χ4v) is 2.74. The molecular weight excluding hydrogens is 323 g/mol. The molecule has 0 aliphatic carbocycles. The first-order valence-electron chi connectivity index (χ1n) is 7.54. The zero-order chi connectivity index (χ0) is 17.4. The average molecular weight is 336 g/mol. The molecule has 0 unspecified atom stereocenters. The Morgan fingerprint density at radius 1 is 1.16 bits per heavy atom. The molecule has 0 fully saturated rings. The van der Waals surface area contributed by atoms with Gasteiger partial charge in [0.15, 0.2) is 0 Å². The lowest BCUT2D eigenvalue weighted by molar-refractivity contribution is 0.0948. The molecule has 0 aliphatic rings. The lowest BCUT2D eigenvalue weighted by Crippen LogP contribution is -2.25. The Morgan fingerprint density at radius 2 is 2.00 bits per heavy atom. The fraction of sp³-hybridized carbons (Fsp3) is 0.0588. The molecule has 0 spiro atoms. The van der Waals surface area contributed by atoms with E-state index in [1.807, 2.05) is 18.2 Å². The molecule has 25 heavy (non-hydrogen) atoms. The summed E-state index contributed by atoms with van der Waals surface area (Å²) in [6.45, 7) is 0.252. The molecule has 0 aliphatic heterocycles. The van der Waals surface area contributed by atoms with Crippen molar-refractivity contribution in [3.05, 3.63) is 59.8 Å². The summed E-state index contributed by atoms with van der Waals surface area (Å²) < 4.78 is 13.9. The van der Waals surface area contributed by atoms with Gasteiger partial charge in [-0.1, -0.05) is 24.3 Å². The van der Waals surface area contributed by atoms with Crippen LogP contribution in [-0.2, 0) is 6.54 Å². The number of amides is 1. The Kier molecular flexibility index (Phi) is 3.50. The molecule has 2 aromatic carbocycles. The number of hydrogen-bond donors (Lipinski definition) is 3. The third-order valence-electron chi connectivity index (χ3n) is 3.88. The summed E-state index contributed by atoms with van der Waals surface area (Å²) in [6.07, 6.45) is 1.59. The van der Waals surface area contributed by atoms with Crippen LogP contribution in [0.5, 0.6) is 0 Å². The number of nitrogens with one attached hydrogen (secondary N) is 2. The van der Waals surface area contributed by atoms with E-state index < -0.39 is 11.7 Å². The number of H-pyrrole nitrogens is 1. The van der Waals surface area contributed by atoms with Crippen LogP contribution in [0, 0.1) is 5.82 Å². The summed E-state index contributed by atoms with van der Waals surface area (Å²) in [5, 5.41) is 3.08. The van der Waals surface area contributed by atoms with Crippen LogP contribution in [-0.4, -0.2) is 25.8 Å². The molecule has 2 aromatic heterocycles. The molecular formula is C17H13FN6O. The lowest BCUT2D eigenvalue weighted by Gasteiger charge is -2.09. The molecule has 0 radical (unpaired) electrons. The van der Waals surface area contributed by atoms with E-state index >= 15 is 0 Å². The van der Waals surface area contributed by atoms with Crippen LogP contribution in [0.3, 0.4) is 0 Å². The average Bonchev–Trinajstić information content (AvgIpc) is 3.09. The first-order chi connectivity index (χ1) is 12.1. The van der Waals surface area contributed by atoms with Crippen molar-refractivity contribution in [2.24, 2.45) is 0 Å². The van der Waals surface area contributed by atoms with Gasteiger partial charge in [-0.2, -0.15) is 0 Å². The summed E-state index contributed by atoms with van der Waals surface area (Å²) in [5.74, 6) is -1.17. The van der Waals surface area contributed by atoms with Crippen molar-refractivity contribution in [1.29, 1.82) is 0 Å². The van der Waals surface area contributed by atoms with E-state index in [2.05, 4.69) is 25.3 Å². The van der Waals surface area contributed by atoms with Gasteiger partial charge >= 0.3 is 0 Å². The van der Waals surface area contributed by atoms with Gasteiger partial charge in [0.25, 0.3) is 5.91 Å². The summed E-state index contributed by atoms with van der Waals surface area (Å²) in [7, 11) is 0. The summed E-state index contributed by atoms with van der Waals surface area (Å²) in [6, 6.07) is 9.98. The van der Waals surface area contributed by atoms with Crippen molar-refractivity contribution in [2.75, 3.05) is 5.73 Å². The van der Waals surface area contributed by atoms with Gasteiger partial charge in [0.2, 0.25) is 5.95 Å². The van der Waals surface area contributed by atoms with Crippen molar-refractivity contribution in [2.45, 2.75) is 6.54 Å². The molecule has 0 saturated carbocycles. The maximum atomic E-state index is 13.9. The number of aromatic nitrogens is 4. The molecule has 0 saturated heterocycles. The van der Waals surface area contributed by atoms with Crippen LogP contribution < -0.4 is 11.1 Å². The minimum atomic E-state index is -0.554. The number of anilines is 1. The molecule has 7 nitrogen and oxygen atoms in total. The molecule has 0 bridgehead atoms. The fourth-order valence-electron chi connectivity index (χ4n) is 2.74. The van der Waals surface area contributed by atoms with E-state index in [-0.39, 0.29) is 23.7 Å². The first kappa shape index (κ1) is 15.0. The summed E-state index contributed by atoms with van der Waals surface area (Å²) in [5.41, 5.74) is 8.19. The third kappa shape index (κ3) is 2.63. The number of carbonyl (C=O) groups is 1. The summed E-state index contributed by atoms with van der Waals surface area (Å²) >= 11 is 0. The van der Waals surface area contributed by atoms with Gasteiger partial charge in [-0.05, 0) is 17.7 Å². The van der Waals surface area contributed by atoms with Crippen LogP contribution in [0.1, 0.15) is 16.1 Å². The van der Waals surface area contributed by atoms with Gasteiger partial charge in [0, 0.05) is 11.9 Å². The van der Waals surface area contributed by atoms with Crippen molar-refractivity contribution in [3.8, 4) is 0 Å². The van der Waals surface area contributed by atoms with Crippen molar-refractivity contribution >= 4 is 33.8 Å². The zero-order valence-electron chi connectivity index (χ0n) is 13.0. The predicted octanol–water partition coefficient (Wildman–Crippen LogP) is 2.16. The number of halogens is 1. The summed E-state index contributed by atoms with van der Waals surface area (Å²) in [4.78, 5) is 27.7. The highest BCUT2D eigenvalue weighted by Crippen LogP contribution is 2.20. The van der Waals surface area contributed by atoms with Crippen molar-refractivity contribution < 1.29 is 9.18 Å². The van der Waals surface area contributed by atoms with E-state index in [1.165, 1.54) is 12.1 Å². The third-order valence-corrected chi connectivity index (χ3v) is 3.88. The second-order valence-electron chi connectivity index (χ2n) is 5.46. The number of nitrogens with zero attached hydrogens (tertiary/aromatic N) is 3. The van der Waals surface area contributed by atoms with E-state index in [4.69, 9.17) is 5.73 Å². The van der Waals surface area contributed by atoms with Gasteiger partial charge < -0.3 is 16.0 Å². The lowest BCUT2D eigenvalue weighted by atomic mass is 10.1. The number of para-hydroxylation sites is 2. The first-order valence-corrected chi connectivity index (χ1v) is 7.54. The quantitative estimate of drug-likeness (QED) is 0.531. The van der Waals surface area contributed by atoms with Crippen LogP contribution in [0.2, 0.25) is 0 Å². The number of hydrogen-bond acceptors (Lipinski definition) is 5. The van der Waals surface area contributed by atoms with Crippen LogP contribution >= 0.6 is 0 Å². The number of nitrogen functional groups attached to an aromatic ring is 1. The SMILES string of the molecule is Nc1nc(C(=O)NCc2cccc3[nH]cnc23)c2cccc(F)c2n1. The molecule has 124 valence electrons. The van der Waals surface area contributed by atoms with E-state index in [1.54, 1.807) is 12.4 Å². The minimum Gasteiger partial charge on any atom is -0.368 e. The molecule has 4 rings (SSSR count). The number of aromatic amines is 1.